The van der Waals surface area contributed by atoms with Crippen LogP contribution in [0.5, 0.6) is 0 Å². The molecule has 1 aromatic carbocycles. The number of thiophene rings is 1. The van der Waals surface area contributed by atoms with Gasteiger partial charge in [-0.3, -0.25) is 14.2 Å². The van der Waals surface area contributed by atoms with Gasteiger partial charge in [0.2, 0.25) is 5.91 Å². The van der Waals surface area contributed by atoms with E-state index in [1.807, 2.05) is 57.1 Å². The number of amides is 1. The third-order valence-corrected chi connectivity index (χ3v) is 5.79. The summed E-state index contributed by atoms with van der Waals surface area (Å²) in [5.74, 6) is -0.0862. The maximum atomic E-state index is 12.6. The highest BCUT2D eigenvalue weighted by molar-refractivity contribution is 7.18. The van der Waals surface area contributed by atoms with Crippen LogP contribution in [0.2, 0.25) is 0 Å². The van der Waals surface area contributed by atoms with Crippen LogP contribution in [-0.4, -0.2) is 29.6 Å². The number of benzene rings is 1. The van der Waals surface area contributed by atoms with Gasteiger partial charge in [0.25, 0.3) is 5.56 Å². The molecule has 0 saturated carbocycles. The molecule has 142 valence electrons. The number of hydrogen-bond acceptors (Lipinski definition) is 5. The predicted octanol–water partition coefficient (Wildman–Crippen LogP) is 2.85. The minimum absolute atomic E-state index is 0.0751. The summed E-state index contributed by atoms with van der Waals surface area (Å²) >= 11 is 1.53. The Balaban J connectivity index is 1.59. The summed E-state index contributed by atoms with van der Waals surface area (Å²) in [6, 6.07) is 8.04. The third kappa shape index (κ3) is 4.19. The van der Waals surface area contributed by atoms with Crippen LogP contribution < -0.4 is 15.8 Å². The second-order valence-corrected chi connectivity index (χ2v) is 8.00. The molecule has 0 aliphatic carbocycles. The third-order valence-electron chi connectivity index (χ3n) is 4.68. The monoisotopic (exact) mass is 384 g/mol. The molecule has 1 amide bonds. The normalized spacial score (nSPS) is 11.0. The van der Waals surface area contributed by atoms with Crippen molar-refractivity contribution in [1.82, 2.24) is 14.9 Å². The fourth-order valence-electron chi connectivity index (χ4n) is 2.85. The Kier molecular flexibility index (Phi) is 5.60. The van der Waals surface area contributed by atoms with E-state index in [4.69, 9.17) is 0 Å². The molecular weight excluding hydrogens is 360 g/mol. The Labute approximate surface area is 162 Å². The van der Waals surface area contributed by atoms with Crippen molar-refractivity contribution in [3.8, 4) is 0 Å². The molecular formula is C20H24N4O2S. The first kappa shape index (κ1) is 19.1. The van der Waals surface area contributed by atoms with Crippen LogP contribution in [0.3, 0.4) is 0 Å². The molecule has 2 aromatic heterocycles. The lowest BCUT2D eigenvalue weighted by molar-refractivity contribution is -0.121. The average Bonchev–Trinajstić information content (AvgIpc) is 2.94. The lowest BCUT2D eigenvalue weighted by Crippen LogP contribution is -2.27. The molecule has 0 fully saturated rings. The molecule has 2 heterocycles. The number of aromatic nitrogens is 2. The Morgan fingerprint density at radius 1 is 1.22 bits per heavy atom. The summed E-state index contributed by atoms with van der Waals surface area (Å²) in [5.41, 5.74) is 3.06. The Morgan fingerprint density at radius 3 is 2.59 bits per heavy atom. The van der Waals surface area contributed by atoms with Gasteiger partial charge in [0.05, 0.1) is 11.7 Å². The van der Waals surface area contributed by atoms with Crippen molar-refractivity contribution in [3.05, 3.63) is 57.0 Å². The van der Waals surface area contributed by atoms with Crippen LogP contribution in [0, 0.1) is 13.8 Å². The quantitative estimate of drug-likeness (QED) is 0.710. The van der Waals surface area contributed by atoms with Gasteiger partial charge in [0.1, 0.15) is 4.83 Å². The Morgan fingerprint density at radius 2 is 1.93 bits per heavy atom. The smallest absolute Gasteiger partial charge is 0.262 e. The van der Waals surface area contributed by atoms with Gasteiger partial charge >= 0.3 is 0 Å². The van der Waals surface area contributed by atoms with E-state index in [9.17, 15) is 9.59 Å². The minimum atomic E-state index is -0.0862. The van der Waals surface area contributed by atoms with E-state index in [1.54, 1.807) is 0 Å². The van der Waals surface area contributed by atoms with Gasteiger partial charge in [-0.05, 0) is 37.1 Å². The molecule has 27 heavy (non-hydrogen) atoms. The highest BCUT2D eigenvalue weighted by Gasteiger charge is 2.12. The fraction of sp³-hybridized carbons (Fsp3) is 0.350. The van der Waals surface area contributed by atoms with E-state index >= 15 is 0 Å². The van der Waals surface area contributed by atoms with Crippen LogP contribution in [-0.2, 0) is 17.9 Å². The van der Waals surface area contributed by atoms with E-state index in [2.05, 4.69) is 10.3 Å². The summed E-state index contributed by atoms with van der Waals surface area (Å²) in [7, 11) is 3.98. The van der Waals surface area contributed by atoms with Gasteiger partial charge < -0.3 is 10.2 Å². The highest BCUT2D eigenvalue weighted by Crippen LogP contribution is 2.25. The van der Waals surface area contributed by atoms with E-state index in [0.717, 1.165) is 26.5 Å². The van der Waals surface area contributed by atoms with Gasteiger partial charge in [-0.25, -0.2) is 4.98 Å². The first-order chi connectivity index (χ1) is 12.9. The van der Waals surface area contributed by atoms with Crippen molar-refractivity contribution < 1.29 is 4.79 Å². The zero-order valence-electron chi connectivity index (χ0n) is 16.1. The molecule has 0 aliphatic heterocycles. The summed E-state index contributed by atoms with van der Waals surface area (Å²) < 4.78 is 1.52. The molecule has 0 spiro atoms. The standard InChI is InChI=1S/C20H24N4O2S/c1-13-14(2)27-19-18(13)20(26)24(12-22-19)10-9-17(25)21-11-15-5-7-16(8-6-15)23(3)4/h5-8,12H,9-11H2,1-4H3,(H,21,25). The topological polar surface area (TPSA) is 67.2 Å². The van der Waals surface area contributed by atoms with Crippen molar-refractivity contribution in [2.45, 2.75) is 33.4 Å². The lowest BCUT2D eigenvalue weighted by Gasteiger charge is -2.13. The van der Waals surface area contributed by atoms with Crippen LogP contribution in [0.1, 0.15) is 22.4 Å². The van der Waals surface area contributed by atoms with E-state index in [1.165, 1.54) is 22.2 Å². The number of anilines is 1. The van der Waals surface area contributed by atoms with Crippen molar-refractivity contribution in [3.63, 3.8) is 0 Å². The molecule has 3 aromatic rings. The number of nitrogens with zero attached hydrogens (tertiary/aromatic N) is 3. The molecule has 0 unspecified atom stereocenters. The van der Waals surface area contributed by atoms with E-state index in [-0.39, 0.29) is 17.9 Å². The van der Waals surface area contributed by atoms with Crippen molar-refractivity contribution in [1.29, 1.82) is 0 Å². The maximum absolute atomic E-state index is 12.6. The summed E-state index contributed by atoms with van der Waals surface area (Å²) in [4.78, 5) is 33.0. The predicted molar refractivity (Wildman–Crippen MR) is 111 cm³/mol. The number of rotatable bonds is 6. The minimum Gasteiger partial charge on any atom is -0.378 e. The number of hydrogen-bond donors (Lipinski definition) is 1. The Hall–Kier alpha value is -2.67. The largest absolute Gasteiger partial charge is 0.378 e. The molecule has 0 radical (unpaired) electrons. The van der Waals surface area contributed by atoms with Gasteiger partial charge in [0, 0.05) is 44.2 Å². The first-order valence-electron chi connectivity index (χ1n) is 8.85. The molecule has 7 heteroatoms. The van der Waals surface area contributed by atoms with Gasteiger partial charge in [-0.2, -0.15) is 0 Å². The van der Waals surface area contributed by atoms with Gasteiger partial charge in [0.15, 0.2) is 0 Å². The number of carbonyl (C=O) groups excluding carboxylic acids is 1. The molecule has 6 nitrogen and oxygen atoms in total. The zero-order valence-corrected chi connectivity index (χ0v) is 16.9. The fourth-order valence-corrected chi connectivity index (χ4v) is 3.84. The van der Waals surface area contributed by atoms with E-state index in [0.29, 0.717) is 18.5 Å². The number of nitrogens with one attached hydrogen (secondary N) is 1. The van der Waals surface area contributed by atoms with Crippen molar-refractivity contribution in [2.24, 2.45) is 0 Å². The second kappa shape index (κ2) is 7.92. The molecule has 0 atom stereocenters. The van der Waals surface area contributed by atoms with Crippen LogP contribution >= 0.6 is 11.3 Å². The van der Waals surface area contributed by atoms with Crippen LogP contribution in [0.15, 0.2) is 35.4 Å². The molecule has 0 aliphatic rings. The summed E-state index contributed by atoms with van der Waals surface area (Å²) in [6.07, 6.45) is 1.78. The molecule has 3 rings (SSSR count). The number of fused-ring (bicyclic) bond motifs is 1. The maximum Gasteiger partial charge on any atom is 0.262 e. The Bertz CT molecular complexity index is 1020. The second-order valence-electron chi connectivity index (χ2n) is 6.79. The number of carbonyl (C=O) groups is 1. The summed E-state index contributed by atoms with van der Waals surface area (Å²) in [5, 5.41) is 3.57. The van der Waals surface area contributed by atoms with Crippen molar-refractivity contribution in [2.75, 3.05) is 19.0 Å². The van der Waals surface area contributed by atoms with E-state index < -0.39 is 0 Å². The SMILES string of the molecule is Cc1sc2ncn(CCC(=O)NCc3ccc(N(C)C)cc3)c(=O)c2c1C. The van der Waals surface area contributed by atoms with Gasteiger partial charge in [-0.1, -0.05) is 12.1 Å². The zero-order chi connectivity index (χ0) is 19.6. The highest BCUT2D eigenvalue weighted by atomic mass is 32.1. The van der Waals surface area contributed by atoms with Crippen LogP contribution in [0.4, 0.5) is 5.69 Å². The van der Waals surface area contributed by atoms with Gasteiger partial charge in [-0.15, -0.1) is 11.3 Å². The number of aryl methyl sites for hydroxylation is 3. The molecule has 0 bridgehead atoms. The van der Waals surface area contributed by atoms with Crippen molar-refractivity contribution >= 4 is 33.1 Å². The average molecular weight is 385 g/mol. The lowest BCUT2D eigenvalue weighted by atomic mass is 10.2. The molecule has 1 N–H and O–H groups in total. The molecule has 0 saturated heterocycles. The first-order valence-corrected chi connectivity index (χ1v) is 9.66. The summed E-state index contributed by atoms with van der Waals surface area (Å²) in [6.45, 7) is 4.73. The van der Waals surface area contributed by atoms with Crippen LogP contribution in [0.25, 0.3) is 10.2 Å².